The Balaban J connectivity index is 1.75. The molecule has 1 aliphatic heterocycles. The molecular formula is C22H25FN6O. The Kier molecular flexibility index (Phi) is 6.92. The summed E-state index contributed by atoms with van der Waals surface area (Å²) in [5, 5.41) is 6.05. The monoisotopic (exact) mass is 408 g/mol. The van der Waals surface area contributed by atoms with Crippen LogP contribution in [0.5, 0.6) is 0 Å². The molecule has 0 aliphatic carbocycles. The van der Waals surface area contributed by atoms with Crippen molar-refractivity contribution in [2.24, 2.45) is 9.98 Å². The summed E-state index contributed by atoms with van der Waals surface area (Å²) in [6, 6.07) is 11.4. The van der Waals surface area contributed by atoms with Gasteiger partial charge in [0, 0.05) is 26.2 Å². The molecule has 30 heavy (non-hydrogen) atoms. The molecule has 7 nitrogen and oxygen atoms in total. The van der Waals surface area contributed by atoms with Gasteiger partial charge in [0.1, 0.15) is 17.3 Å². The van der Waals surface area contributed by atoms with Crippen molar-refractivity contribution in [3.63, 3.8) is 0 Å². The van der Waals surface area contributed by atoms with Gasteiger partial charge in [-0.1, -0.05) is 18.2 Å². The highest BCUT2D eigenvalue weighted by Gasteiger charge is 2.13. The number of halogens is 1. The van der Waals surface area contributed by atoms with E-state index in [1.54, 1.807) is 37.4 Å². The van der Waals surface area contributed by atoms with Gasteiger partial charge in [-0.25, -0.2) is 9.38 Å². The van der Waals surface area contributed by atoms with Gasteiger partial charge in [0.25, 0.3) is 5.91 Å². The van der Waals surface area contributed by atoms with Gasteiger partial charge >= 0.3 is 0 Å². The average molecular weight is 408 g/mol. The number of amides is 1. The molecule has 1 saturated heterocycles. The van der Waals surface area contributed by atoms with Crippen LogP contribution in [0, 0.1) is 5.82 Å². The van der Waals surface area contributed by atoms with Crippen molar-refractivity contribution in [3.8, 4) is 11.1 Å². The van der Waals surface area contributed by atoms with Crippen molar-refractivity contribution in [1.82, 2.24) is 10.2 Å². The van der Waals surface area contributed by atoms with Crippen LogP contribution in [-0.2, 0) is 4.79 Å². The Bertz CT molecular complexity index is 978. The molecule has 0 bridgehead atoms. The molecule has 0 atom stereocenters. The van der Waals surface area contributed by atoms with Crippen LogP contribution in [0.1, 0.15) is 6.92 Å². The van der Waals surface area contributed by atoms with Crippen LogP contribution in [0.3, 0.4) is 0 Å². The second kappa shape index (κ2) is 9.80. The average Bonchev–Trinajstić information content (AvgIpc) is 2.77. The number of carbonyl (C=O) groups is 1. The lowest BCUT2D eigenvalue weighted by Gasteiger charge is -2.28. The van der Waals surface area contributed by atoms with Gasteiger partial charge in [0.2, 0.25) is 0 Å². The summed E-state index contributed by atoms with van der Waals surface area (Å²) < 4.78 is 13.2. The van der Waals surface area contributed by atoms with Crippen LogP contribution in [0.15, 0.2) is 64.5 Å². The maximum absolute atomic E-state index is 13.2. The molecular weight excluding hydrogens is 383 g/mol. The standard InChI is InChI=1S/C22H25FN6O/c1-15(27-14-21(25-2)29-11-9-26-10-12-29)22(30)28-20-13-17(5-8-19(20)24)16-3-6-18(23)7-4-16/h3-8,13-14,26H,2,9-12,24H2,1H3,(H,28,30)/b21-14+,27-15?. The molecule has 0 saturated carbocycles. The maximum Gasteiger partial charge on any atom is 0.269 e. The van der Waals surface area contributed by atoms with E-state index in [0.717, 1.165) is 37.3 Å². The third kappa shape index (κ3) is 5.30. The molecule has 1 heterocycles. The Morgan fingerprint density at radius 3 is 2.53 bits per heavy atom. The number of benzene rings is 2. The second-order valence-electron chi connectivity index (χ2n) is 6.86. The molecule has 2 aromatic carbocycles. The minimum Gasteiger partial charge on any atom is -0.397 e. The number of hydrogen-bond donors (Lipinski definition) is 3. The Labute approximate surface area is 175 Å². The maximum atomic E-state index is 13.2. The zero-order valence-corrected chi connectivity index (χ0v) is 16.9. The second-order valence-corrected chi connectivity index (χ2v) is 6.86. The van der Waals surface area contributed by atoms with Crippen LogP contribution in [0.25, 0.3) is 11.1 Å². The lowest BCUT2D eigenvalue weighted by Crippen LogP contribution is -2.42. The molecule has 0 radical (unpaired) electrons. The molecule has 3 rings (SSSR count). The van der Waals surface area contributed by atoms with E-state index in [2.05, 4.69) is 32.2 Å². The van der Waals surface area contributed by atoms with Crippen molar-refractivity contribution < 1.29 is 9.18 Å². The molecule has 4 N–H and O–H groups in total. The third-order valence-electron chi connectivity index (χ3n) is 4.78. The van der Waals surface area contributed by atoms with Crippen molar-refractivity contribution in [3.05, 3.63) is 60.3 Å². The smallest absolute Gasteiger partial charge is 0.269 e. The predicted octanol–water partition coefficient (Wildman–Crippen LogP) is 2.88. The van der Waals surface area contributed by atoms with Crippen molar-refractivity contribution in [2.45, 2.75) is 6.92 Å². The van der Waals surface area contributed by atoms with Crippen LogP contribution in [0.4, 0.5) is 15.8 Å². The number of nitrogens with one attached hydrogen (secondary N) is 2. The van der Waals surface area contributed by atoms with Gasteiger partial charge in [0.05, 0.1) is 17.6 Å². The Hall–Kier alpha value is -3.52. The van der Waals surface area contributed by atoms with E-state index in [9.17, 15) is 9.18 Å². The number of carbonyl (C=O) groups excluding carboxylic acids is 1. The summed E-state index contributed by atoms with van der Waals surface area (Å²) in [6.07, 6.45) is 1.55. The highest BCUT2D eigenvalue weighted by molar-refractivity contribution is 6.42. The van der Waals surface area contributed by atoms with Gasteiger partial charge in [-0.2, -0.15) is 0 Å². The zero-order chi connectivity index (χ0) is 21.5. The van der Waals surface area contributed by atoms with E-state index in [0.29, 0.717) is 17.2 Å². The van der Waals surface area contributed by atoms with Crippen molar-refractivity contribution >= 4 is 29.7 Å². The first-order valence-corrected chi connectivity index (χ1v) is 9.61. The molecule has 0 aromatic heterocycles. The van der Waals surface area contributed by atoms with Crippen LogP contribution >= 0.6 is 0 Å². The first kappa shape index (κ1) is 21.2. The molecule has 0 unspecified atom stereocenters. The highest BCUT2D eigenvalue weighted by atomic mass is 19.1. The van der Waals surface area contributed by atoms with Gasteiger partial charge in [-0.15, -0.1) is 0 Å². The van der Waals surface area contributed by atoms with Crippen LogP contribution < -0.4 is 16.4 Å². The summed E-state index contributed by atoms with van der Waals surface area (Å²) >= 11 is 0. The van der Waals surface area contributed by atoms with Crippen LogP contribution in [0.2, 0.25) is 0 Å². The number of hydrogen-bond acceptors (Lipinski definition) is 6. The van der Waals surface area contributed by atoms with E-state index in [-0.39, 0.29) is 17.4 Å². The topological polar surface area (TPSA) is 95.1 Å². The van der Waals surface area contributed by atoms with E-state index in [1.165, 1.54) is 12.1 Å². The predicted molar refractivity (Wildman–Crippen MR) is 120 cm³/mol. The number of piperazine rings is 1. The van der Waals surface area contributed by atoms with Crippen molar-refractivity contribution in [1.29, 1.82) is 0 Å². The Morgan fingerprint density at radius 1 is 1.20 bits per heavy atom. The minimum absolute atomic E-state index is 0.262. The molecule has 156 valence electrons. The van der Waals surface area contributed by atoms with Gasteiger partial charge < -0.3 is 21.3 Å². The number of nitrogens with zero attached hydrogens (tertiary/aromatic N) is 3. The molecule has 1 amide bonds. The molecule has 2 aromatic rings. The van der Waals surface area contributed by atoms with Gasteiger partial charge in [-0.3, -0.25) is 9.79 Å². The summed E-state index contributed by atoms with van der Waals surface area (Å²) in [5.74, 6) is -0.0591. The number of aliphatic imine (C=N–C) groups is 2. The lowest BCUT2D eigenvalue weighted by molar-refractivity contribution is -0.110. The van der Waals surface area contributed by atoms with Crippen molar-refractivity contribution in [2.75, 3.05) is 37.2 Å². The molecule has 1 fully saturated rings. The van der Waals surface area contributed by atoms with Gasteiger partial charge in [0.15, 0.2) is 0 Å². The number of nitrogen functional groups attached to an aromatic ring is 1. The highest BCUT2D eigenvalue weighted by Crippen LogP contribution is 2.27. The quantitative estimate of drug-likeness (QED) is 0.506. The van der Waals surface area contributed by atoms with E-state index >= 15 is 0 Å². The largest absolute Gasteiger partial charge is 0.397 e. The zero-order valence-electron chi connectivity index (χ0n) is 16.9. The number of nitrogens with two attached hydrogens (primary N) is 1. The molecule has 1 aliphatic rings. The van der Waals surface area contributed by atoms with Crippen LogP contribution in [-0.4, -0.2) is 49.4 Å². The Morgan fingerprint density at radius 2 is 1.87 bits per heavy atom. The van der Waals surface area contributed by atoms with Gasteiger partial charge in [-0.05, 0) is 49.0 Å². The molecule has 8 heteroatoms. The fourth-order valence-corrected chi connectivity index (χ4v) is 3.03. The van der Waals surface area contributed by atoms with E-state index in [4.69, 9.17) is 5.73 Å². The fourth-order valence-electron chi connectivity index (χ4n) is 3.03. The summed E-state index contributed by atoms with van der Waals surface area (Å²) in [7, 11) is 0. The lowest BCUT2D eigenvalue weighted by atomic mass is 10.0. The number of anilines is 2. The van der Waals surface area contributed by atoms with E-state index in [1.807, 2.05) is 6.07 Å². The normalized spacial score (nSPS) is 15.1. The van der Waals surface area contributed by atoms with E-state index < -0.39 is 0 Å². The summed E-state index contributed by atoms with van der Waals surface area (Å²) in [6.45, 7) is 8.54. The molecule has 0 spiro atoms. The fraction of sp³-hybridized carbons (Fsp3) is 0.227. The summed E-state index contributed by atoms with van der Waals surface area (Å²) in [5.41, 5.74) is 8.79. The number of rotatable bonds is 6. The first-order valence-electron chi connectivity index (χ1n) is 9.61. The minimum atomic E-state index is -0.377. The summed E-state index contributed by atoms with van der Waals surface area (Å²) in [4.78, 5) is 22.9. The third-order valence-corrected chi connectivity index (χ3v) is 4.78. The SMILES string of the molecule is C=N/C(=C\N=C(C)C(=O)Nc1cc(-c2ccc(F)cc2)ccc1N)N1CCNCC1. The first-order chi connectivity index (χ1) is 14.5.